The molecule has 0 aliphatic rings. The van der Waals surface area contributed by atoms with Gasteiger partial charge in [-0.1, -0.05) is 23.7 Å². The number of benzene rings is 1. The Labute approximate surface area is 101 Å². The van der Waals surface area contributed by atoms with Crippen LogP contribution in [0.1, 0.15) is 0 Å². The van der Waals surface area contributed by atoms with Crippen LogP contribution in [0.15, 0.2) is 39.9 Å². The van der Waals surface area contributed by atoms with Crippen LogP contribution in [0, 0.1) is 0 Å². The number of hydrogen-bond donors (Lipinski definition) is 1. The number of hydrogen-bond acceptors (Lipinski definition) is 3. The summed E-state index contributed by atoms with van der Waals surface area (Å²) < 4.78 is 6.06. The zero-order chi connectivity index (χ0) is 12.4. The van der Waals surface area contributed by atoms with Gasteiger partial charge in [0.1, 0.15) is 10.9 Å². The molecule has 2 rings (SSSR count). The van der Waals surface area contributed by atoms with E-state index in [2.05, 4.69) is 4.98 Å². The summed E-state index contributed by atoms with van der Waals surface area (Å²) in [6.07, 6.45) is 0. The fraction of sp³-hybridized carbons (Fsp3) is 0.0909. The van der Waals surface area contributed by atoms with Gasteiger partial charge in [0.25, 0.3) is 5.56 Å². The van der Waals surface area contributed by atoms with E-state index in [-0.39, 0.29) is 5.15 Å². The third-order valence-electron chi connectivity index (χ3n) is 2.23. The van der Waals surface area contributed by atoms with Crippen LogP contribution in [-0.2, 0) is 0 Å². The van der Waals surface area contributed by atoms with Gasteiger partial charge in [0, 0.05) is 6.07 Å². The zero-order valence-corrected chi connectivity index (χ0v) is 9.69. The monoisotopic (exact) mass is 252 g/mol. The van der Waals surface area contributed by atoms with E-state index < -0.39 is 11.2 Å². The number of para-hydroxylation sites is 2. The first-order valence-electron chi connectivity index (χ1n) is 4.79. The number of ether oxygens (including phenoxy) is 1. The third kappa shape index (κ3) is 2.09. The van der Waals surface area contributed by atoms with Gasteiger partial charge in [0.15, 0.2) is 0 Å². The van der Waals surface area contributed by atoms with Crippen molar-refractivity contribution in [2.24, 2.45) is 0 Å². The first kappa shape index (κ1) is 11.5. The molecule has 17 heavy (non-hydrogen) atoms. The maximum Gasteiger partial charge on any atom is 0.334 e. The molecule has 0 radical (unpaired) electrons. The minimum Gasteiger partial charge on any atom is -0.495 e. The van der Waals surface area contributed by atoms with E-state index >= 15 is 0 Å². The Balaban J connectivity index is 2.78. The predicted molar refractivity (Wildman–Crippen MR) is 64.2 cm³/mol. The zero-order valence-electron chi connectivity index (χ0n) is 8.94. The molecule has 1 aromatic carbocycles. The number of methoxy groups -OCH3 is 1. The summed E-state index contributed by atoms with van der Waals surface area (Å²) in [7, 11) is 1.47. The van der Waals surface area contributed by atoms with Crippen LogP contribution >= 0.6 is 11.6 Å². The summed E-state index contributed by atoms with van der Waals surface area (Å²) in [4.78, 5) is 25.8. The van der Waals surface area contributed by atoms with E-state index in [4.69, 9.17) is 16.3 Å². The third-order valence-corrected chi connectivity index (χ3v) is 2.43. The van der Waals surface area contributed by atoms with Gasteiger partial charge in [0.2, 0.25) is 0 Å². The second-order valence-electron chi connectivity index (χ2n) is 3.27. The minimum absolute atomic E-state index is 0.00569. The number of aromatic amines is 1. The van der Waals surface area contributed by atoms with Gasteiger partial charge in [-0.25, -0.2) is 9.36 Å². The molecule has 88 valence electrons. The SMILES string of the molecule is COc1ccccc1-n1c(=O)cc(Cl)[nH]c1=O. The topological polar surface area (TPSA) is 64.1 Å². The molecule has 0 bridgehead atoms. The molecule has 0 saturated carbocycles. The molecular weight excluding hydrogens is 244 g/mol. The fourth-order valence-corrected chi connectivity index (χ4v) is 1.68. The lowest BCUT2D eigenvalue weighted by molar-refractivity contribution is 0.412. The van der Waals surface area contributed by atoms with Crippen LogP contribution in [0.5, 0.6) is 5.75 Å². The van der Waals surface area contributed by atoms with Crippen molar-refractivity contribution in [3.05, 3.63) is 56.3 Å². The number of nitrogens with one attached hydrogen (secondary N) is 1. The molecule has 2 aromatic rings. The first-order valence-corrected chi connectivity index (χ1v) is 5.16. The quantitative estimate of drug-likeness (QED) is 0.817. The van der Waals surface area contributed by atoms with Gasteiger partial charge in [-0.3, -0.25) is 9.78 Å². The van der Waals surface area contributed by atoms with Crippen molar-refractivity contribution in [1.82, 2.24) is 9.55 Å². The number of nitrogens with zero attached hydrogens (tertiary/aromatic N) is 1. The molecule has 0 aliphatic carbocycles. The molecular formula is C11H9ClN2O3. The highest BCUT2D eigenvalue weighted by Gasteiger charge is 2.10. The van der Waals surface area contributed by atoms with Crippen molar-refractivity contribution in [3.8, 4) is 11.4 Å². The summed E-state index contributed by atoms with van der Waals surface area (Å²) >= 11 is 5.58. The molecule has 5 nitrogen and oxygen atoms in total. The van der Waals surface area contributed by atoms with Crippen molar-refractivity contribution in [3.63, 3.8) is 0 Å². The number of aromatic nitrogens is 2. The van der Waals surface area contributed by atoms with Gasteiger partial charge in [-0.15, -0.1) is 0 Å². The highest BCUT2D eigenvalue weighted by molar-refractivity contribution is 6.29. The maximum atomic E-state index is 11.7. The average molecular weight is 253 g/mol. The van der Waals surface area contributed by atoms with Gasteiger partial charge in [-0.05, 0) is 12.1 Å². The van der Waals surface area contributed by atoms with E-state index in [0.29, 0.717) is 11.4 Å². The number of halogens is 1. The van der Waals surface area contributed by atoms with Crippen LogP contribution in [0.25, 0.3) is 5.69 Å². The van der Waals surface area contributed by atoms with E-state index in [0.717, 1.165) is 10.6 Å². The summed E-state index contributed by atoms with van der Waals surface area (Å²) in [5, 5.41) is 0.00569. The standard InChI is InChI=1S/C11H9ClN2O3/c1-17-8-5-3-2-4-7(8)14-10(15)6-9(12)13-11(14)16/h2-6H,1H3,(H,13,16). The fourth-order valence-electron chi connectivity index (χ4n) is 1.51. The molecule has 0 saturated heterocycles. The number of H-pyrrole nitrogens is 1. The summed E-state index contributed by atoms with van der Waals surface area (Å²) in [5.74, 6) is 0.433. The van der Waals surface area contributed by atoms with E-state index in [9.17, 15) is 9.59 Å². The first-order chi connectivity index (χ1) is 8.13. The van der Waals surface area contributed by atoms with Crippen molar-refractivity contribution in [2.75, 3.05) is 7.11 Å². The van der Waals surface area contributed by atoms with E-state index in [1.807, 2.05) is 0 Å². The lowest BCUT2D eigenvalue weighted by atomic mass is 10.3. The van der Waals surface area contributed by atoms with Gasteiger partial charge in [0.05, 0.1) is 12.8 Å². The largest absolute Gasteiger partial charge is 0.495 e. The average Bonchev–Trinajstić information content (AvgIpc) is 2.28. The second kappa shape index (κ2) is 4.47. The summed E-state index contributed by atoms with van der Waals surface area (Å²) in [6, 6.07) is 7.87. The van der Waals surface area contributed by atoms with Gasteiger partial charge in [-0.2, -0.15) is 0 Å². The maximum absolute atomic E-state index is 11.7. The lowest BCUT2D eigenvalue weighted by Crippen LogP contribution is -2.33. The normalized spacial score (nSPS) is 10.2. The van der Waals surface area contributed by atoms with Gasteiger partial charge < -0.3 is 4.74 Å². The van der Waals surface area contributed by atoms with Crippen LogP contribution < -0.4 is 16.0 Å². The Bertz CT molecular complexity index is 629. The van der Waals surface area contributed by atoms with Gasteiger partial charge >= 0.3 is 5.69 Å². The number of rotatable bonds is 2. The predicted octanol–water partition coefficient (Wildman–Crippen LogP) is 1.19. The summed E-state index contributed by atoms with van der Waals surface area (Å²) in [5.41, 5.74) is -0.742. The Kier molecular flexibility index (Phi) is 3.01. The molecule has 1 aromatic heterocycles. The molecule has 0 aliphatic heterocycles. The van der Waals surface area contributed by atoms with Crippen LogP contribution in [0.2, 0.25) is 5.15 Å². The van der Waals surface area contributed by atoms with Crippen LogP contribution in [-0.4, -0.2) is 16.7 Å². The molecule has 0 atom stereocenters. The van der Waals surface area contributed by atoms with Crippen molar-refractivity contribution < 1.29 is 4.74 Å². The molecule has 6 heteroatoms. The van der Waals surface area contributed by atoms with E-state index in [1.54, 1.807) is 24.3 Å². The van der Waals surface area contributed by atoms with Crippen LogP contribution in [0.3, 0.4) is 0 Å². The lowest BCUT2D eigenvalue weighted by Gasteiger charge is -2.09. The molecule has 1 heterocycles. The highest BCUT2D eigenvalue weighted by Crippen LogP contribution is 2.19. The molecule has 1 N–H and O–H groups in total. The molecule has 0 amide bonds. The Morgan fingerprint density at radius 1 is 1.29 bits per heavy atom. The second-order valence-corrected chi connectivity index (χ2v) is 3.68. The molecule has 0 fully saturated rings. The van der Waals surface area contributed by atoms with Crippen molar-refractivity contribution >= 4 is 11.6 Å². The van der Waals surface area contributed by atoms with Crippen molar-refractivity contribution in [1.29, 1.82) is 0 Å². The smallest absolute Gasteiger partial charge is 0.334 e. The Hall–Kier alpha value is -2.01. The van der Waals surface area contributed by atoms with Crippen LogP contribution in [0.4, 0.5) is 0 Å². The highest BCUT2D eigenvalue weighted by atomic mass is 35.5. The minimum atomic E-state index is -0.605. The van der Waals surface area contributed by atoms with Crippen molar-refractivity contribution in [2.45, 2.75) is 0 Å². The molecule has 0 spiro atoms. The Morgan fingerprint density at radius 2 is 2.00 bits per heavy atom. The summed E-state index contributed by atoms with van der Waals surface area (Å²) in [6.45, 7) is 0. The Morgan fingerprint density at radius 3 is 2.65 bits per heavy atom. The molecule has 0 unspecified atom stereocenters. The van der Waals surface area contributed by atoms with E-state index in [1.165, 1.54) is 7.11 Å².